The van der Waals surface area contributed by atoms with E-state index in [-0.39, 0.29) is 29.7 Å². The fraction of sp³-hybridized carbons (Fsp3) is 0.222. The van der Waals surface area contributed by atoms with Gasteiger partial charge < -0.3 is 15.2 Å². The third-order valence-electron chi connectivity index (χ3n) is 6.03. The van der Waals surface area contributed by atoms with E-state index in [1.165, 1.54) is 12.1 Å². The zero-order valence-electron chi connectivity index (χ0n) is 19.2. The molecule has 3 aromatic rings. The topological polar surface area (TPSA) is 105 Å². The van der Waals surface area contributed by atoms with Crippen molar-refractivity contribution >= 4 is 23.7 Å². The number of fused-ring (bicyclic) bond motifs is 3. The smallest absolute Gasteiger partial charge is 0.411 e. The highest BCUT2D eigenvalue weighted by Gasteiger charge is 2.29. The van der Waals surface area contributed by atoms with Crippen LogP contribution < -0.4 is 10.6 Å². The van der Waals surface area contributed by atoms with Crippen LogP contribution in [0.5, 0.6) is 0 Å². The maximum atomic E-state index is 14.6. The van der Waals surface area contributed by atoms with Gasteiger partial charge in [-0.2, -0.15) is 0 Å². The molecule has 35 heavy (non-hydrogen) atoms. The fourth-order valence-electron chi connectivity index (χ4n) is 4.24. The molecule has 1 atom stereocenters. The number of carboxylic acids is 1. The zero-order valence-corrected chi connectivity index (χ0v) is 19.2. The lowest BCUT2D eigenvalue weighted by molar-refractivity contribution is -0.140. The van der Waals surface area contributed by atoms with Gasteiger partial charge in [0.25, 0.3) is 5.91 Å². The van der Waals surface area contributed by atoms with Crippen LogP contribution in [0.15, 0.2) is 66.7 Å². The minimum Gasteiger partial charge on any atom is -0.480 e. The minimum absolute atomic E-state index is 0.0625. The van der Waals surface area contributed by atoms with Gasteiger partial charge in [0.1, 0.15) is 18.5 Å². The number of ether oxygens (including phenoxy) is 1. The van der Waals surface area contributed by atoms with Gasteiger partial charge in [0, 0.05) is 11.5 Å². The van der Waals surface area contributed by atoms with Gasteiger partial charge in [-0.05, 0) is 46.4 Å². The summed E-state index contributed by atoms with van der Waals surface area (Å²) in [6, 6.07) is 18.2. The number of hydrogen-bond acceptors (Lipinski definition) is 4. The lowest BCUT2D eigenvalue weighted by Gasteiger charge is -2.18. The molecule has 4 rings (SSSR count). The summed E-state index contributed by atoms with van der Waals surface area (Å²) in [5, 5.41) is 14.0. The summed E-state index contributed by atoms with van der Waals surface area (Å²) in [4.78, 5) is 36.1. The first-order valence-electron chi connectivity index (χ1n) is 11.2. The third-order valence-corrected chi connectivity index (χ3v) is 6.03. The molecule has 1 aliphatic rings. The molecular weight excluding hydrogens is 451 g/mol. The SMILES string of the molecule is CC(C)[C@H](NC(=O)c1ccc(NC(=O)OCC2c3ccccc3-c3ccccc32)c(F)c1)C(=O)O. The van der Waals surface area contributed by atoms with Crippen LogP contribution in [-0.4, -0.2) is 35.7 Å². The molecule has 0 fully saturated rings. The lowest BCUT2D eigenvalue weighted by Crippen LogP contribution is -2.44. The summed E-state index contributed by atoms with van der Waals surface area (Å²) in [5.41, 5.74) is 4.09. The molecule has 0 radical (unpaired) electrons. The van der Waals surface area contributed by atoms with Crippen molar-refractivity contribution in [1.82, 2.24) is 5.32 Å². The Morgan fingerprint density at radius 3 is 2.11 bits per heavy atom. The van der Waals surface area contributed by atoms with Crippen LogP contribution in [0.1, 0.15) is 41.3 Å². The monoisotopic (exact) mass is 476 g/mol. The summed E-state index contributed by atoms with van der Waals surface area (Å²) in [5.74, 6) is -3.23. The highest BCUT2D eigenvalue weighted by atomic mass is 19.1. The molecule has 0 heterocycles. The number of benzene rings is 3. The third kappa shape index (κ3) is 5.01. The van der Waals surface area contributed by atoms with E-state index in [1.807, 2.05) is 48.5 Å². The molecule has 2 amide bonds. The second kappa shape index (κ2) is 9.97. The zero-order chi connectivity index (χ0) is 25.1. The van der Waals surface area contributed by atoms with Crippen LogP contribution >= 0.6 is 0 Å². The summed E-state index contributed by atoms with van der Waals surface area (Å²) >= 11 is 0. The molecule has 7 nitrogen and oxygen atoms in total. The van der Waals surface area contributed by atoms with Gasteiger partial charge >= 0.3 is 12.1 Å². The summed E-state index contributed by atoms with van der Waals surface area (Å²) in [6.45, 7) is 3.38. The van der Waals surface area contributed by atoms with Crippen molar-refractivity contribution < 1.29 is 28.6 Å². The van der Waals surface area contributed by atoms with Crippen LogP contribution in [0.25, 0.3) is 11.1 Å². The van der Waals surface area contributed by atoms with E-state index in [9.17, 15) is 23.9 Å². The van der Waals surface area contributed by atoms with Crippen molar-refractivity contribution in [3.8, 4) is 11.1 Å². The number of rotatable bonds is 7. The van der Waals surface area contributed by atoms with Crippen molar-refractivity contribution in [1.29, 1.82) is 0 Å². The first-order valence-corrected chi connectivity index (χ1v) is 11.2. The van der Waals surface area contributed by atoms with E-state index in [0.717, 1.165) is 28.3 Å². The summed E-state index contributed by atoms with van der Waals surface area (Å²) in [6.07, 6.45) is -0.825. The Morgan fingerprint density at radius 2 is 1.57 bits per heavy atom. The molecule has 3 N–H and O–H groups in total. The van der Waals surface area contributed by atoms with Crippen molar-refractivity contribution in [2.24, 2.45) is 5.92 Å². The van der Waals surface area contributed by atoms with Crippen molar-refractivity contribution in [3.63, 3.8) is 0 Å². The molecule has 0 saturated carbocycles. The van der Waals surface area contributed by atoms with E-state index in [2.05, 4.69) is 10.6 Å². The number of amides is 2. The molecule has 1 aliphatic carbocycles. The second-order valence-corrected chi connectivity index (χ2v) is 8.68. The Bertz CT molecular complexity index is 1240. The Morgan fingerprint density at radius 1 is 0.971 bits per heavy atom. The van der Waals surface area contributed by atoms with E-state index in [4.69, 9.17) is 4.74 Å². The molecule has 0 unspecified atom stereocenters. The summed E-state index contributed by atoms with van der Waals surface area (Å²) in [7, 11) is 0. The van der Waals surface area contributed by atoms with Gasteiger partial charge in [-0.25, -0.2) is 14.0 Å². The van der Waals surface area contributed by atoms with Gasteiger partial charge in [-0.3, -0.25) is 10.1 Å². The number of halogens is 1. The average Bonchev–Trinajstić information content (AvgIpc) is 3.15. The molecule has 0 aromatic heterocycles. The highest BCUT2D eigenvalue weighted by molar-refractivity contribution is 5.97. The minimum atomic E-state index is -1.18. The van der Waals surface area contributed by atoms with E-state index in [0.29, 0.717) is 0 Å². The molecule has 0 spiro atoms. The van der Waals surface area contributed by atoms with Crippen molar-refractivity contribution in [2.75, 3.05) is 11.9 Å². The predicted molar refractivity (Wildman–Crippen MR) is 129 cm³/mol. The van der Waals surface area contributed by atoms with Crippen LogP contribution in [0.2, 0.25) is 0 Å². The first-order chi connectivity index (χ1) is 16.8. The van der Waals surface area contributed by atoms with Gasteiger partial charge in [0.2, 0.25) is 0 Å². The number of carboxylic acid groups (broad SMARTS) is 1. The normalized spacial score (nSPS) is 13.0. The molecule has 0 aliphatic heterocycles. The number of aliphatic carboxylic acids is 1. The Labute approximate surface area is 201 Å². The van der Waals surface area contributed by atoms with Crippen LogP contribution in [-0.2, 0) is 9.53 Å². The maximum Gasteiger partial charge on any atom is 0.411 e. The maximum absolute atomic E-state index is 14.6. The van der Waals surface area contributed by atoms with Crippen molar-refractivity contribution in [2.45, 2.75) is 25.8 Å². The Balaban J connectivity index is 1.40. The number of carbonyl (C=O) groups excluding carboxylic acids is 2. The standard InChI is InChI=1S/C27H25FN2O5/c1-15(2)24(26(32)33)30-25(31)16-11-12-23(22(28)13-16)29-27(34)35-14-21-19-9-5-3-7-17(19)18-8-4-6-10-20(18)21/h3-13,15,21,24H,14H2,1-2H3,(H,29,34)(H,30,31)(H,32,33)/t24-/m0/s1. The van der Waals surface area contributed by atoms with Crippen LogP contribution in [0.4, 0.5) is 14.9 Å². The van der Waals surface area contributed by atoms with Gasteiger partial charge in [-0.1, -0.05) is 62.4 Å². The Kier molecular flexibility index (Phi) is 6.82. The van der Waals surface area contributed by atoms with E-state index in [1.54, 1.807) is 13.8 Å². The van der Waals surface area contributed by atoms with Gasteiger partial charge in [-0.15, -0.1) is 0 Å². The Hall–Kier alpha value is -4.20. The van der Waals surface area contributed by atoms with E-state index >= 15 is 0 Å². The number of nitrogens with one attached hydrogen (secondary N) is 2. The van der Waals surface area contributed by atoms with Gasteiger partial charge in [0.15, 0.2) is 0 Å². The average molecular weight is 477 g/mol. The number of anilines is 1. The highest BCUT2D eigenvalue weighted by Crippen LogP contribution is 2.44. The van der Waals surface area contributed by atoms with Crippen LogP contribution in [0.3, 0.4) is 0 Å². The number of carbonyl (C=O) groups is 3. The van der Waals surface area contributed by atoms with Gasteiger partial charge in [0.05, 0.1) is 5.69 Å². The largest absolute Gasteiger partial charge is 0.480 e. The van der Waals surface area contributed by atoms with Crippen molar-refractivity contribution in [3.05, 3.63) is 89.2 Å². The quantitative estimate of drug-likeness (QED) is 0.444. The lowest BCUT2D eigenvalue weighted by atomic mass is 9.98. The molecule has 0 bridgehead atoms. The molecule has 8 heteroatoms. The molecule has 3 aromatic carbocycles. The summed E-state index contributed by atoms with van der Waals surface area (Å²) < 4.78 is 20.0. The predicted octanol–water partition coefficient (Wildman–Crippen LogP) is 5.03. The fourth-order valence-corrected chi connectivity index (χ4v) is 4.24. The number of hydrogen-bond donors (Lipinski definition) is 3. The molecule has 0 saturated heterocycles. The molecular formula is C27H25FN2O5. The van der Waals surface area contributed by atoms with E-state index < -0.39 is 29.8 Å². The first kappa shape index (κ1) is 23.9. The molecule has 180 valence electrons. The second-order valence-electron chi connectivity index (χ2n) is 8.68. The van der Waals surface area contributed by atoms with Crippen LogP contribution in [0, 0.1) is 11.7 Å².